The largest absolute Gasteiger partial charge is 0.342 e. The Morgan fingerprint density at radius 1 is 0.944 bits per heavy atom. The van der Waals surface area contributed by atoms with E-state index >= 15 is 0 Å². The number of carbonyl (C=O) groups is 1. The van der Waals surface area contributed by atoms with Gasteiger partial charge >= 0.3 is 0 Å². The molecule has 0 aromatic carbocycles. The number of nitrogens with one attached hydrogen (secondary N) is 1. The monoisotopic (exact) mass is 272 g/mol. The van der Waals surface area contributed by atoms with Gasteiger partial charge in [0.25, 0.3) is 0 Å². The van der Waals surface area contributed by atoms with E-state index in [0.717, 1.165) is 37.8 Å². The summed E-state index contributed by atoms with van der Waals surface area (Å²) < 4.78 is 0. The lowest BCUT2D eigenvalue weighted by Crippen LogP contribution is -2.36. The Labute approximate surface area is 116 Å². The van der Waals surface area contributed by atoms with Gasteiger partial charge in [-0.25, -0.2) is 0 Å². The van der Waals surface area contributed by atoms with Crippen LogP contribution in [0.1, 0.15) is 38.5 Å². The third kappa shape index (κ3) is 2.83. The van der Waals surface area contributed by atoms with Gasteiger partial charge in [0.2, 0.25) is 5.91 Å². The topological polar surface area (TPSA) is 32.3 Å². The van der Waals surface area contributed by atoms with Crippen LogP contribution in [0.3, 0.4) is 0 Å². The maximum absolute atomic E-state index is 12.4. The fourth-order valence-electron chi connectivity index (χ4n) is 3.87. The van der Waals surface area contributed by atoms with Crippen molar-refractivity contribution in [1.29, 1.82) is 0 Å². The zero-order chi connectivity index (χ0) is 11.7. The number of amides is 1. The van der Waals surface area contributed by atoms with Crippen LogP contribution in [0.5, 0.6) is 0 Å². The Kier molecular flexibility index (Phi) is 4.91. The van der Waals surface area contributed by atoms with Crippen LogP contribution in [0.4, 0.5) is 0 Å². The van der Waals surface area contributed by atoms with Crippen molar-refractivity contribution in [2.75, 3.05) is 26.2 Å². The Hall–Kier alpha value is -0.280. The molecular formula is C14H25ClN2O. The summed E-state index contributed by atoms with van der Waals surface area (Å²) in [6, 6.07) is 0. The number of carbonyl (C=O) groups excluding carboxylic acids is 1. The lowest BCUT2D eigenvalue weighted by Gasteiger charge is -2.24. The Balaban J connectivity index is 0.00000120. The van der Waals surface area contributed by atoms with Crippen molar-refractivity contribution in [2.24, 2.45) is 17.8 Å². The molecule has 2 heterocycles. The van der Waals surface area contributed by atoms with E-state index in [1.807, 2.05) is 0 Å². The summed E-state index contributed by atoms with van der Waals surface area (Å²) in [5, 5.41) is 3.49. The Morgan fingerprint density at radius 2 is 1.50 bits per heavy atom. The van der Waals surface area contributed by atoms with Gasteiger partial charge in [-0.2, -0.15) is 0 Å². The third-order valence-corrected chi connectivity index (χ3v) is 5.04. The predicted molar refractivity (Wildman–Crippen MR) is 74.9 cm³/mol. The lowest BCUT2D eigenvalue weighted by atomic mass is 9.92. The van der Waals surface area contributed by atoms with Crippen LogP contribution in [-0.2, 0) is 4.79 Å². The van der Waals surface area contributed by atoms with Crippen molar-refractivity contribution >= 4 is 18.3 Å². The van der Waals surface area contributed by atoms with Crippen molar-refractivity contribution in [2.45, 2.75) is 38.5 Å². The number of hydrogen-bond acceptors (Lipinski definition) is 2. The first-order valence-corrected chi connectivity index (χ1v) is 7.34. The summed E-state index contributed by atoms with van der Waals surface area (Å²) in [4.78, 5) is 14.6. The average Bonchev–Trinajstić information content (AvgIpc) is 2.97. The summed E-state index contributed by atoms with van der Waals surface area (Å²) in [6.45, 7) is 4.38. The smallest absolute Gasteiger partial charge is 0.225 e. The summed E-state index contributed by atoms with van der Waals surface area (Å²) in [5.41, 5.74) is 0. The number of rotatable bonds is 1. The number of hydrogen-bond donors (Lipinski definition) is 1. The number of nitrogens with zero attached hydrogens (tertiary/aromatic N) is 1. The van der Waals surface area contributed by atoms with Crippen molar-refractivity contribution < 1.29 is 4.79 Å². The highest BCUT2D eigenvalue weighted by Gasteiger charge is 2.33. The molecule has 0 spiro atoms. The molecule has 1 aliphatic carbocycles. The fourth-order valence-corrected chi connectivity index (χ4v) is 3.87. The van der Waals surface area contributed by atoms with Crippen LogP contribution in [0.25, 0.3) is 0 Å². The Morgan fingerprint density at radius 3 is 2.06 bits per heavy atom. The van der Waals surface area contributed by atoms with E-state index in [-0.39, 0.29) is 12.4 Å². The van der Waals surface area contributed by atoms with Gasteiger partial charge in [0.1, 0.15) is 0 Å². The van der Waals surface area contributed by atoms with Gasteiger partial charge in [0.15, 0.2) is 0 Å². The molecule has 3 fully saturated rings. The molecular weight excluding hydrogens is 248 g/mol. The van der Waals surface area contributed by atoms with E-state index < -0.39 is 0 Å². The molecule has 1 amide bonds. The second-order valence-electron chi connectivity index (χ2n) is 6.06. The lowest BCUT2D eigenvalue weighted by molar-refractivity contribution is -0.135. The summed E-state index contributed by atoms with van der Waals surface area (Å²) >= 11 is 0. The zero-order valence-electron chi connectivity index (χ0n) is 11.1. The first-order chi connectivity index (χ1) is 8.34. The molecule has 2 atom stereocenters. The minimum atomic E-state index is 0. The molecule has 18 heavy (non-hydrogen) atoms. The zero-order valence-corrected chi connectivity index (χ0v) is 11.9. The molecule has 3 nitrogen and oxygen atoms in total. The van der Waals surface area contributed by atoms with Gasteiger partial charge in [-0.3, -0.25) is 4.79 Å². The molecule has 0 bridgehead atoms. The minimum Gasteiger partial charge on any atom is -0.342 e. The second kappa shape index (κ2) is 6.25. The highest BCUT2D eigenvalue weighted by molar-refractivity contribution is 5.85. The SMILES string of the molecule is Cl.O=C(C1CCCC1)N1CC[C@@H]2CNC[C@@H]2CC1. The van der Waals surface area contributed by atoms with E-state index in [1.165, 1.54) is 38.8 Å². The number of likely N-dealkylation sites (tertiary alicyclic amines) is 1. The highest BCUT2D eigenvalue weighted by atomic mass is 35.5. The van der Waals surface area contributed by atoms with E-state index in [4.69, 9.17) is 0 Å². The fraction of sp³-hybridized carbons (Fsp3) is 0.929. The van der Waals surface area contributed by atoms with Crippen molar-refractivity contribution in [3.8, 4) is 0 Å². The minimum absolute atomic E-state index is 0. The molecule has 2 aliphatic heterocycles. The van der Waals surface area contributed by atoms with Gasteiger partial charge in [0, 0.05) is 19.0 Å². The van der Waals surface area contributed by atoms with E-state index in [1.54, 1.807) is 0 Å². The van der Waals surface area contributed by atoms with Gasteiger partial charge in [-0.15, -0.1) is 12.4 Å². The molecule has 0 unspecified atom stereocenters. The first kappa shape index (κ1) is 14.1. The molecule has 0 aromatic rings. The standard InChI is InChI=1S/C14H24N2O.ClH/c17-14(11-3-1-2-4-11)16-7-5-12-9-15-10-13(12)6-8-16;/h11-13,15H,1-10H2;1H/t12-,13+;. The second-order valence-corrected chi connectivity index (χ2v) is 6.06. The molecule has 104 valence electrons. The predicted octanol–water partition coefficient (Wildman–Crippen LogP) is 2.06. The normalized spacial score (nSPS) is 32.8. The van der Waals surface area contributed by atoms with Crippen molar-refractivity contribution in [3.05, 3.63) is 0 Å². The molecule has 1 N–H and O–H groups in total. The molecule has 2 saturated heterocycles. The van der Waals surface area contributed by atoms with Gasteiger partial charge in [-0.05, 0) is 50.6 Å². The van der Waals surface area contributed by atoms with Crippen molar-refractivity contribution in [1.82, 2.24) is 10.2 Å². The van der Waals surface area contributed by atoms with Gasteiger partial charge in [0.05, 0.1) is 0 Å². The molecule has 3 rings (SSSR count). The van der Waals surface area contributed by atoms with Crippen LogP contribution >= 0.6 is 12.4 Å². The Bertz CT molecular complexity index is 278. The van der Waals surface area contributed by atoms with E-state index in [2.05, 4.69) is 10.2 Å². The average molecular weight is 273 g/mol. The van der Waals surface area contributed by atoms with Gasteiger partial charge < -0.3 is 10.2 Å². The molecule has 1 saturated carbocycles. The van der Waals surface area contributed by atoms with Gasteiger partial charge in [-0.1, -0.05) is 12.8 Å². The third-order valence-electron chi connectivity index (χ3n) is 5.04. The maximum atomic E-state index is 12.4. The van der Waals surface area contributed by atoms with E-state index in [9.17, 15) is 4.79 Å². The molecule has 0 radical (unpaired) electrons. The number of halogens is 1. The van der Waals surface area contributed by atoms with Crippen LogP contribution in [0.15, 0.2) is 0 Å². The first-order valence-electron chi connectivity index (χ1n) is 7.34. The number of fused-ring (bicyclic) bond motifs is 1. The maximum Gasteiger partial charge on any atom is 0.225 e. The highest BCUT2D eigenvalue weighted by Crippen LogP contribution is 2.30. The van der Waals surface area contributed by atoms with Crippen LogP contribution in [-0.4, -0.2) is 37.0 Å². The summed E-state index contributed by atoms with van der Waals surface area (Å²) in [7, 11) is 0. The van der Waals surface area contributed by atoms with Crippen LogP contribution < -0.4 is 5.32 Å². The molecule has 0 aromatic heterocycles. The van der Waals surface area contributed by atoms with Crippen LogP contribution in [0.2, 0.25) is 0 Å². The summed E-state index contributed by atoms with van der Waals surface area (Å²) in [5.74, 6) is 2.49. The van der Waals surface area contributed by atoms with Crippen molar-refractivity contribution in [3.63, 3.8) is 0 Å². The quantitative estimate of drug-likeness (QED) is 0.793. The van der Waals surface area contributed by atoms with Crippen LogP contribution in [0, 0.1) is 17.8 Å². The molecule has 3 aliphatic rings. The van der Waals surface area contributed by atoms with E-state index in [0.29, 0.717) is 11.8 Å². The summed E-state index contributed by atoms with van der Waals surface area (Å²) in [6.07, 6.45) is 7.25. The molecule has 4 heteroatoms.